The summed E-state index contributed by atoms with van der Waals surface area (Å²) in [4.78, 5) is 0. The maximum atomic E-state index is 5.56. The summed E-state index contributed by atoms with van der Waals surface area (Å²) in [7, 11) is 0. The standard InChI is InChI=1S/C16H26O/c1-6-12-17-14(3)9-10-15-13(2)8-7-11-16(15,4)5/h6,9-10,14H,1,7-8,11-12H2,2-5H3. The van der Waals surface area contributed by atoms with E-state index in [0.29, 0.717) is 12.0 Å². The zero-order chi connectivity index (χ0) is 12.9. The first kappa shape index (κ1) is 14.2. The van der Waals surface area contributed by atoms with Crippen molar-refractivity contribution in [3.05, 3.63) is 36.0 Å². The Labute approximate surface area is 106 Å². The Morgan fingerprint density at radius 1 is 1.47 bits per heavy atom. The van der Waals surface area contributed by atoms with Crippen molar-refractivity contribution in [2.24, 2.45) is 5.41 Å². The second kappa shape index (κ2) is 6.20. The van der Waals surface area contributed by atoms with Crippen LogP contribution in [0.2, 0.25) is 0 Å². The lowest BCUT2D eigenvalue weighted by Crippen LogP contribution is -2.19. The molecule has 1 atom stereocenters. The van der Waals surface area contributed by atoms with E-state index < -0.39 is 0 Å². The van der Waals surface area contributed by atoms with Crippen LogP contribution in [0, 0.1) is 5.41 Å². The van der Waals surface area contributed by atoms with Gasteiger partial charge in [-0.25, -0.2) is 0 Å². The van der Waals surface area contributed by atoms with E-state index in [1.165, 1.54) is 30.4 Å². The zero-order valence-corrected chi connectivity index (χ0v) is 11.8. The first-order chi connectivity index (χ1) is 7.97. The maximum Gasteiger partial charge on any atom is 0.0735 e. The zero-order valence-electron chi connectivity index (χ0n) is 11.8. The van der Waals surface area contributed by atoms with E-state index in [4.69, 9.17) is 4.74 Å². The fourth-order valence-corrected chi connectivity index (χ4v) is 2.52. The van der Waals surface area contributed by atoms with Crippen LogP contribution < -0.4 is 0 Å². The van der Waals surface area contributed by atoms with Gasteiger partial charge >= 0.3 is 0 Å². The predicted octanol–water partition coefficient (Wildman–Crippen LogP) is 4.66. The van der Waals surface area contributed by atoms with E-state index in [1.807, 2.05) is 0 Å². The van der Waals surface area contributed by atoms with Gasteiger partial charge in [0, 0.05) is 0 Å². The van der Waals surface area contributed by atoms with Gasteiger partial charge in [-0.3, -0.25) is 0 Å². The van der Waals surface area contributed by atoms with Gasteiger partial charge in [0.25, 0.3) is 0 Å². The Kier molecular flexibility index (Phi) is 5.20. The molecule has 96 valence electrons. The highest BCUT2D eigenvalue weighted by Crippen LogP contribution is 2.40. The Balaban J connectivity index is 2.71. The van der Waals surface area contributed by atoms with Crippen molar-refractivity contribution >= 4 is 0 Å². The third-order valence-corrected chi connectivity index (χ3v) is 3.55. The van der Waals surface area contributed by atoms with Crippen molar-refractivity contribution in [1.29, 1.82) is 0 Å². The summed E-state index contributed by atoms with van der Waals surface area (Å²) in [5, 5.41) is 0. The summed E-state index contributed by atoms with van der Waals surface area (Å²) in [6.45, 7) is 13.3. The normalized spacial score (nSPS) is 21.9. The molecule has 17 heavy (non-hydrogen) atoms. The molecular weight excluding hydrogens is 208 g/mol. The van der Waals surface area contributed by atoms with E-state index in [9.17, 15) is 0 Å². The molecule has 1 aliphatic rings. The minimum Gasteiger partial charge on any atom is -0.370 e. The summed E-state index contributed by atoms with van der Waals surface area (Å²) in [5.74, 6) is 0. The largest absolute Gasteiger partial charge is 0.370 e. The molecule has 0 bridgehead atoms. The Bertz CT molecular complexity index is 320. The molecule has 0 saturated carbocycles. The quantitative estimate of drug-likeness (QED) is 0.629. The van der Waals surface area contributed by atoms with Crippen LogP contribution in [0.5, 0.6) is 0 Å². The molecule has 0 spiro atoms. The van der Waals surface area contributed by atoms with Gasteiger partial charge in [0.15, 0.2) is 0 Å². The smallest absolute Gasteiger partial charge is 0.0735 e. The molecule has 0 aromatic heterocycles. The second-order valence-corrected chi connectivity index (χ2v) is 5.62. The van der Waals surface area contributed by atoms with Crippen molar-refractivity contribution in [3.8, 4) is 0 Å². The molecule has 0 aliphatic heterocycles. The van der Waals surface area contributed by atoms with Gasteiger partial charge in [0.2, 0.25) is 0 Å². The van der Waals surface area contributed by atoms with E-state index >= 15 is 0 Å². The van der Waals surface area contributed by atoms with Crippen molar-refractivity contribution in [2.75, 3.05) is 6.61 Å². The van der Waals surface area contributed by atoms with Gasteiger partial charge in [0.05, 0.1) is 12.7 Å². The average Bonchev–Trinajstić information content (AvgIpc) is 2.24. The second-order valence-electron chi connectivity index (χ2n) is 5.62. The number of rotatable bonds is 5. The third-order valence-electron chi connectivity index (χ3n) is 3.55. The van der Waals surface area contributed by atoms with Crippen molar-refractivity contribution in [2.45, 2.75) is 53.1 Å². The number of hydrogen-bond donors (Lipinski definition) is 0. The lowest BCUT2D eigenvalue weighted by Gasteiger charge is -2.33. The van der Waals surface area contributed by atoms with Crippen LogP contribution in [0.3, 0.4) is 0 Å². The van der Waals surface area contributed by atoms with Gasteiger partial charge in [0.1, 0.15) is 0 Å². The van der Waals surface area contributed by atoms with Crippen LogP contribution in [0.25, 0.3) is 0 Å². The minimum atomic E-state index is 0.158. The van der Waals surface area contributed by atoms with Crippen LogP contribution in [0.4, 0.5) is 0 Å². The molecule has 0 heterocycles. The lowest BCUT2D eigenvalue weighted by atomic mass is 9.72. The SMILES string of the molecule is C=CCOC(C)C=CC1=C(C)CCCC1(C)C. The number of allylic oxidation sites excluding steroid dienone is 3. The molecule has 0 aromatic rings. The average molecular weight is 234 g/mol. The van der Waals surface area contributed by atoms with E-state index in [0.717, 1.165) is 0 Å². The molecule has 1 rings (SSSR count). The van der Waals surface area contributed by atoms with Crippen LogP contribution in [-0.2, 0) is 4.74 Å². The fourth-order valence-electron chi connectivity index (χ4n) is 2.52. The van der Waals surface area contributed by atoms with E-state index in [2.05, 4.69) is 46.4 Å². The summed E-state index contributed by atoms with van der Waals surface area (Å²) in [6, 6.07) is 0. The van der Waals surface area contributed by atoms with E-state index in [1.54, 1.807) is 6.08 Å². The Hall–Kier alpha value is -0.820. The van der Waals surface area contributed by atoms with Gasteiger partial charge in [-0.2, -0.15) is 0 Å². The molecule has 0 fully saturated rings. The number of hydrogen-bond acceptors (Lipinski definition) is 1. The lowest BCUT2D eigenvalue weighted by molar-refractivity contribution is 0.123. The van der Waals surface area contributed by atoms with Crippen LogP contribution in [0.1, 0.15) is 47.0 Å². The molecular formula is C16H26O. The molecule has 0 saturated heterocycles. The van der Waals surface area contributed by atoms with Crippen LogP contribution in [0.15, 0.2) is 36.0 Å². The first-order valence-corrected chi connectivity index (χ1v) is 6.58. The molecule has 0 aromatic carbocycles. The summed E-state index contributed by atoms with van der Waals surface area (Å²) >= 11 is 0. The summed E-state index contributed by atoms with van der Waals surface area (Å²) in [6.07, 6.45) is 10.2. The van der Waals surface area contributed by atoms with Crippen LogP contribution >= 0.6 is 0 Å². The maximum absolute atomic E-state index is 5.56. The highest BCUT2D eigenvalue weighted by atomic mass is 16.5. The van der Waals surface area contributed by atoms with E-state index in [-0.39, 0.29) is 6.10 Å². The summed E-state index contributed by atoms with van der Waals surface area (Å²) < 4.78 is 5.56. The molecule has 0 amide bonds. The molecule has 0 N–H and O–H groups in total. The van der Waals surface area contributed by atoms with Gasteiger partial charge in [-0.05, 0) is 44.1 Å². The molecule has 1 nitrogen and oxygen atoms in total. The molecule has 0 radical (unpaired) electrons. The highest BCUT2D eigenvalue weighted by molar-refractivity contribution is 5.32. The minimum absolute atomic E-state index is 0.158. The predicted molar refractivity (Wildman–Crippen MR) is 75.1 cm³/mol. The highest BCUT2D eigenvalue weighted by Gasteiger charge is 2.26. The molecule has 1 heteroatoms. The Morgan fingerprint density at radius 2 is 2.18 bits per heavy atom. The number of ether oxygens (including phenoxy) is 1. The Morgan fingerprint density at radius 3 is 2.76 bits per heavy atom. The van der Waals surface area contributed by atoms with Gasteiger partial charge < -0.3 is 4.74 Å². The van der Waals surface area contributed by atoms with Gasteiger partial charge in [-0.15, -0.1) is 6.58 Å². The van der Waals surface area contributed by atoms with Crippen molar-refractivity contribution in [1.82, 2.24) is 0 Å². The fraction of sp³-hybridized carbons (Fsp3) is 0.625. The van der Waals surface area contributed by atoms with Crippen LogP contribution in [-0.4, -0.2) is 12.7 Å². The first-order valence-electron chi connectivity index (χ1n) is 6.58. The monoisotopic (exact) mass is 234 g/mol. The summed E-state index contributed by atoms with van der Waals surface area (Å²) in [5.41, 5.74) is 3.35. The van der Waals surface area contributed by atoms with Crippen molar-refractivity contribution in [3.63, 3.8) is 0 Å². The molecule has 1 aliphatic carbocycles. The van der Waals surface area contributed by atoms with Gasteiger partial charge in [-0.1, -0.05) is 37.6 Å². The topological polar surface area (TPSA) is 9.23 Å². The molecule has 1 unspecified atom stereocenters. The third kappa shape index (κ3) is 4.16. The van der Waals surface area contributed by atoms with Crippen molar-refractivity contribution < 1.29 is 4.74 Å².